The summed E-state index contributed by atoms with van der Waals surface area (Å²) in [6, 6.07) is 7.68. The number of nitrogens with zero attached hydrogens (tertiary/aromatic N) is 4. The fraction of sp³-hybridized carbons (Fsp3) is 0.100. The van der Waals surface area contributed by atoms with Crippen LogP contribution >= 0.6 is 15.9 Å². The lowest BCUT2D eigenvalue weighted by Gasteiger charge is -1.99. The Morgan fingerprint density at radius 3 is 2.60 bits per heavy atom. The van der Waals surface area contributed by atoms with Gasteiger partial charge in [0.1, 0.15) is 6.33 Å². The van der Waals surface area contributed by atoms with Gasteiger partial charge in [0, 0.05) is 5.56 Å². The summed E-state index contributed by atoms with van der Waals surface area (Å²) in [5, 5.41) is 4.12. The van der Waals surface area contributed by atoms with Crippen molar-refractivity contribution < 1.29 is 0 Å². The molecule has 1 heterocycles. The molecule has 0 aliphatic carbocycles. The third kappa shape index (κ3) is 2.22. The van der Waals surface area contributed by atoms with E-state index in [4.69, 9.17) is 6.57 Å². The van der Waals surface area contributed by atoms with Gasteiger partial charge in [-0.1, -0.05) is 0 Å². The van der Waals surface area contributed by atoms with Crippen LogP contribution in [0.4, 0.5) is 0 Å². The zero-order chi connectivity index (χ0) is 10.7. The second-order valence-corrected chi connectivity index (χ2v) is 3.65. The van der Waals surface area contributed by atoms with E-state index in [2.05, 4.69) is 30.9 Å². The molecule has 0 atom stereocenters. The summed E-state index contributed by atoms with van der Waals surface area (Å²) in [5.41, 5.74) is 1.94. The van der Waals surface area contributed by atoms with Gasteiger partial charge in [-0.15, -0.1) is 5.10 Å². The Balaban J connectivity index is 2.28. The van der Waals surface area contributed by atoms with Crippen molar-refractivity contribution in [2.45, 2.75) is 6.54 Å². The minimum atomic E-state index is 0.418. The van der Waals surface area contributed by atoms with Crippen LogP contribution in [0.15, 0.2) is 35.3 Å². The van der Waals surface area contributed by atoms with Gasteiger partial charge in [-0.2, -0.15) is 0 Å². The molecular weight excluding hydrogens is 256 g/mol. The molecule has 5 heteroatoms. The van der Waals surface area contributed by atoms with E-state index in [1.54, 1.807) is 11.0 Å². The van der Waals surface area contributed by atoms with Crippen LogP contribution < -0.4 is 0 Å². The van der Waals surface area contributed by atoms with Crippen molar-refractivity contribution in [3.63, 3.8) is 0 Å². The SMILES string of the molecule is [C-]#[N+]Cc1ccc(-n2cnc(Br)n2)cc1. The van der Waals surface area contributed by atoms with Gasteiger partial charge in [0.15, 0.2) is 0 Å². The van der Waals surface area contributed by atoms with Crippen molar-refractivity contribution in [3.05, 3.63) is 52.3 Å². The Morgan fingerprint density at radius 1 is 1.33 bits per heavy atom. The first-order chi connectivity index (χ1) is 7.29. The maximum Gasteiger partial charge on any atom is 0.239 e. The van der Waals surface area contributed by atoms with Gasteiger partial charge in [-0.3, -0.25) is 0 Å². The number of benzene rings is 1. The van der Waals surface area contributed by atoms with E-state index >= 15 is 0 Å². The lowest BCUT2D eigenvalue weighted by Crippen LogP contribution is -1.94. The molecule has 0 N–H and O–H groups in total. The predicted octanol–water partition coefficient (Wildman–Crippen LogP) is 2.45. The molecule has 0 amide bonds. The molecule has 0 saturated heterocycles. The first-order valence-corrected chi connectivity index (χ1v) is 5.08. The molecule has 15 heavy (non-hydrogen) atoms. The van der Waals surface area contributed by atoms with Crippen molar-refractivity contribution in [1.29, 1.82) is 0 Å². The fourth-order valence-corrected chi connectivity index (χ4v) is 1.48. The van der Waals surface area contributed by atoms with Gasteiger partial charge in [-0.25, -0.2) is 16.2 Å². The van der Waals surface area contributed by atoms with Crippen LogP contribution in [0.25, 0.3) is 10.5 Å². The average molecular weight is 263 g/mol. The third-order valence-corrected chi connectivity index (χ3v) is 2.29. The van der Waals surface area contributed by atoms with E-state index in [1.807, 2.05) is 24.3 Å². The minimum absolute atomic E-state index is 0.418. The maximum atomic E-state index is 6.75. The van der Waals surface area contributed by atoms with Crippen LogP contribution in [0.5, 0.6) is 0 Å². The Morgan fingerprint density at radius 2 is 2.07 bits per heavy atom. The summed E-state index contributed by atoms with van der Waals surface area (Å²) in [4.78, 5) is 7.29. The smallest absolute Gasteiger partial charge is 0.239 e. The van der Waals surface area contributed by atoms with Crippen LogP contribution in [0.1, 0.15) is 5.56 Å². The molecule has 1 aromatic heterocycles. The molecule has 1 aromatic carbocycles. The molecule has 0 radical (unpaired) electrons. The Labute approximate surface area is 95.5 Å². The van der Waals surface area contributed by atoms with Gasteiger partial charge in [0.2, 0.25) is 11.3 Å². The van der Waals surface area contributed by atoms with Crippen molar-refractivity contribution in [2.24, 2.45) is 0 Å². The number of hydrogen-bond donors (Lipinski definition) is 0. The second-order valence-electron chi connectivity index (χ2n) is 2.94. The highest BCUT2D eigenvalue weighted by Crippen LogP contribution is 2.10. The molecule has 2 aromatic rings. The molecule has 0 aliphatic rings. The highest BCUT2D eigenvalue weighted by Gasteiger charge is 2.00. The van der Waals surface area contributed by atoms with Crippen LogP contribution in [-0.4, -0.2) is 14.8 Å². The minimum Gasteiger partial charge on any atom is -0.312 e. The number of halogens is 1. The zero-order valence-electron chi connectivity index (χ0n) is 7.76. The summed E-state index contributed by atoms with van der Waals surface area (Å²) >= 11 is 3.19. The molecule has 0 fully saturated rings. The summed E-state index contributed by atoms with van der Waals surface area (Å²) in [5.74, 6) is 0. The Kier molecular flexibility index (Phi) is 2.79. The van der Waals surface area contributed by atoms with E-state index in [9.17, 15) is 0 Å². The number of rotatable bonds is 2. The monoisotopic (exact) mass is 262 g/mol. The summed E-state index contributed by atoms with van der Waals surface area (Å²) < 4.78 is 2.24. The van der Waals surface area contributed by atoms with Crippen LogP contribution in [-0.2, 0) is 6.54 Å². The molecular formula is C10H7BrN4. The first-order valence-electron chi connectivity index (χ1n) is 4.29. The highest BCUT2D eigenvalue weighted by atomic mass is 79.9. The average Bonchev–Trinajstić information content (AvgIpc) is 2.67. The van der Waals surface area contributed by atoms with Gasteiger partial charge < -0.3 is 4.85 Å². The van der Waals surface area contributed by atoms with Crippen molar-refractivity contribution in [1.82, 2.24) is 14.8 Å². The van der Waals surface area contributed by atoms with Crippen molar-refractivity contribution in [3.8, 4) is 5.69 Å². The van der Waals surface area contributed by atoms with Gasteiger partial charge in [-0.05, 0) is 40.2 Å². The first kappa shape index (κ1) is 9.87. The normalized spacial score (nSPS) is 9.87. The highest BCUT2D eigenvalue weighted by molar-refractivity contribution is 9.10. The van der Waals surface area contributed by atoms with E-state index in [0.717, 1.165) is 11.3 Å². The molecule has 2 rings (SSSR count). The van der Waals surface area contributed by atoms with Gasteiger partial charge >= 0.3 is 0 Å². The van der Waals surface area contributed by atoms with Gasteiger partial charge in [0.25, 0.3) is 0 Å². The van der Waals surface area contributed by atoms with Crippen LogP contribution in [0.3, 0.4) is 0 Å². The number of hydrogen-bond acceptors (Lipinski definition) is 2. The molecule has 0 bridgehead atoms. The molecule has 0 spiro atoms. The van der Waals surface area contributed by atoms with Crippen molar-refractivity contribution in [2.75, 3.05) is 0 Å². The molecule has 0 aliphatic heterocycles. The second kappa shape index (κ2) is 4.24. The van der Waals surface area contributed by atoms with Gasteiger partial charge in [0.05, 0.1) is 5.69 Å². The van der Waals surface area contributed by atoms with E-state index < -0.39 is 0 Å². The topological polar surface area (TPSA) is 35.1 Å². The maximum absolute atomic E-state index is 6.75. The standard InChI is InChI=1S/C10H7BrN4/c1-12-6-8-2-4-9(5-3-8)15-7-13-10(11)14-15/h2-5,7H,6H2. The van der Waals surface area contributed by atoms with Crippen LogP contribution in [0, 0.1) is 6.57 Å². The van der Waals surface area contributed by atoms with E-state index in [1.165, 1.54) is 0 Å². The predicted molar refractivity (Wildman–Crippen MR) is 59.4 cm³/mol. The molecule has 0 unspecified atom stereocenters. The third-order valence-electron chi connectivity index (χ3n) is 1.93. The summed E-state index contributed by atoms with van der Waals surface area (Å²) in [7, 11) is 0. The van der Waals surface area contributed by atoms with E-state index in [-0.39, 0.29) is 0 Å². The number of aromatic nitrogens is 3. The lowest BCUT2D eigenvalue weighted by atomic mass is 10.2. The Bertz CT molecular complexity index is 495. The summed E-state index contributed by atoms with van der Waals surface area (Å²) in [6.45, 7) is 7.17. The summed E-state index contributed by atoms with van der Waals surface area (Å²) in [6.07, 6.45) is 1.63. The largest absolute Gasteiger partial charge is 0.312 e. The zero-order valence-corrected chi connectivity index (χ0v) is 9.35. The molecule has 0 saturated carbocycles. The molecule has 74 valence electrons. The fourth-order valence-electron chi connectivity index (χ4n) is 1.21. The van der Waals surface area contributed by atoms with Crippen LogP contribution in [0.2, 0.25) is 0 Å². The van der Waals surface area contributed by atoms with Crippen molar-refractivity contribution >= 4 is 15.9 Å². The quantitative estimate of drug-likeness (QED) is 0.780. The molecule has 4 nitrogen and oxygen atoms in total. The lowest BCUT2D eigenvalue weighted by molar-refractivity contribution is 0.869. The Hall–Kier alpha value is -1.67. The van der Waals surface area contributed by atoms with E-state index in [0.29, 0.717) is 11.3 Å².